The number of Topliss-reactive ketones (excluding diaryl/α,β-unsaturated/α-hetero) is 1. The summed E-state index contributed by atoms with van der Waals surface area (Å²) in [6.45, 7) is 1.41. The van der Waals surface area contributed by atoms with Crippen molar-refractivity contribution in [3.63, 3.8) is 0 Å². The van der Waals surface area contributed by atoms with Crippen molar-refractivity contribution in [1.29, 1.82) is 0 Å². The molecule has 0 unspecified atom stereocenters. The minimum Gasteiger partial charge on any atom is -0.468 e. The number of rotatable bonds is 6. The van der Waals surface area contributed by atoms with E-state index in [2.05, 4.69) is 4.90 Å². The summed E-state index contributed by atoms with van der Waals surface area (Å²) in [6, 6.07) is 4.52. The highest BCUT2D eigenvalue weighted by Gasteiger charge is 2.33. The maximum atomic E-state index is 12.2. The van der Waals surface area contributed by atoms with Gasteiger partial charge >= 0.3 is 0 Å². The Morgan fingerprint density at radius 3 is 2.67 bits per heavy atom. The van der Waals surface area contributed by atoms with Gasteiger partial charge in [0, 0.05) is 12.0 Å². The van der Waals surface area contributed by atoms with Gasteiger partial charge in [-0.2, -0.15) is 0 Å². The number of nitrogens with zero attached hydrogens (tertiary/aromatic N) is 1. The zero-order valence-corrected chi connectivity index (χ0v) is 10.8. The second-order valence-electron chi connectivity index (χ2n) is 5.66. The molecule has 2 fully saturated rings. The molecule has 0 amide bonds. The fraction of sp³-hybridized carbons (Fsp3) is 0.667. The molecule has 1 heterocycles. The number of ketones is 1. The summed E-state index contributed by atoms with van der Waals surface area (Å²) in [5.41, 5.74) is 0. The van der Waals surface area contributed by atoms with E-state index < -0.39 is 0 Å². The van der Waals surface area contributed by atoms with Crippen LogP contribution in [-0.2, 0) is 11.3 Å². The Morgan fingerprint density at radius 2 is 2.06 bits per heavy atom. The normalized spacial score (nSPS) is 20.7. The predicted molar refractivity (Wildman–Crippen MR) is 69.1 cm³/mol. The first-order chi connectivity index (χ1) is 8.83. The lowest BCUT2D eigenvalue weighted by Crippen LogP contribution is -2.33. The highest BCUT2D eigenvalue weighted by molar-refractivity contribution is 5.83. The van der Waals surface area contributed by atoms with Gasteiger partial charge in [-0.25, -0.2) is 0 Å². The van der Waals surface area contributed by atoms with Crippen LogP contribution in [-0.4, -0.2) is 23.3 Å². The quantitative estimate of drug-likeness (QED) is 0.774. The van der Waals surface area contributed by atoms with Gasteiger partial charge in [0.05, 0.1) is 19.4 Å². The van der Waals surface area contributed by atoms with E-state index in [-0.39, 0.29) is 0 Å². The Labute approximate surface area is 108 Å². The van der Waals surface area contributed by atoms with Gasteiger partial charge in [0.15, 0.2) is 0 Å². The van der Waals surface area contributed by atoms with Gasteiger partial charge in [-0.05, 0) is 37.8 Å². The second-order valence-corrected chi connectivity index (χ2v) is 5.66. The standard InChI is InChI=1S/C15H21NO2/c17-15(12-4-1-2-5-12)11-16(13-7-8-13)10-14-6-3-9-18-14/h3,6,9,12-13H,1-2,4-5,7-8,10-11H2. The summed E-state index contributed by atoms with van der Waals surface area (Å²) in [4.78, 5) is 14.5. The molecule has 0 aromatic carbocycles. The Balaban J connectivity index is 1.58. The minimum atomic E-state index is 0.336. The van der Waals surface area contributed by atoms with Crippen molar-refractivity contribution in [2.24, 2.45) is 5.92 Å². The summed E-state index contributed by atoms with van der Waals surface area (Å²) in [5.74, 6) is 1.76. The van der Waals surface area contributed by atoms with Gasteiger partial charge in [0.1, 0.15) is 11.5 Å². The van der Waals surface area contributed by atoms with Crippen LogP contribution in [0.15, 0.2) is 22.8 Å². The molecular weight excluding hydrogens is 226 g/mol. The van der Waals surface area contributed by atoms with E-state index in [0.717, 1.165) is 25.1 Å². The van der Waals surface area contributed by atoms with Crippen LogP contribution in [0.25, 0.3) is 0 Å². The highest BCUT2D eigenvalue weighted by Crippen LogP contribution is 2.30. The summed E-state index contributed by atoms with van der Waals surface area (Å²) in [5, 5.41) is 0. The van der Waals surface area contributed by atoms with Crippen molar-refractivity contribution in [2.45, 2.75) is 51.1 Å². The first kappa shape index (κ1) is 12.0. The topological polar surface area (TPSA) is 33.5 Å². The van der Waals surface area contributed by atoms with Crippen LogP contribution >= 0.6 is 0 Å². The molecule has 2 aliphatic rings. The molecule has 0 saturated heterocycles. The van der Waals surface area contributed by atoms with Crippen molar-refractivity contribution in [1.82, 2.24) is 4.90 Å². The molecule has 0 spiro atoms. The van der Waals surface area contributed by atoms with Crippen molar-refractivity contribution in [3.8, 4) is 0 Å². The van der Waals surface area contributed by atoms with Crippen molar-refractivity contribution in [3.05, 3.63) is 24.2 Å². The summed E-state index contributed by atoms with van der Waals surface area (Å²) < 4.78 is 5.40. The average Bonchev–Trinajstić information content (AvgIpc) is 2.88. The van der Waals surface area contributed by atoms with Crippen LogP contribution in [0.3, 0.4) is 0 Å². The molecule has 0 bridgehead atoms. The summed E-state index contributed by atoms with van der Waals surface area (Å²) in [7, 11) is 0. The second kappa shape index (κ2) is 5.27. The molecule has 2 saturated carbocycles. The molecule has 0 aliphatic heterocycles. The molecule has 0 radical (unpaired) electrons. The Kier molecular flexibility index (Phi) is 3.50. The predicted octanol–water partition coefficient (Wildman–Crippen LogP) is 3.00. The minimum absolute atomic E-state index is 0.336. The lowest BCUT2D eigenvalue weighted by molar-refractivity contribution is -0.124. The van der Waals surface area contributed by atoms with Crippen LogP contribution in [0.1, 0.15) is 44.3 Å². The lowest BCUT2D eigenvalue weighted by atomic mass is 10.0. The van der Waals surface area contributed by atoms with Crippen molar-refractivity contribution >= 4 is 5.78 Å². The third-order valence-electron chi connectivity index (χ3n) is 4.17. The fourth-order valence-electron chi connectivity index (χ4n) is 2.93. The van der Waals surface area contributed by atoms with Crippen LogP contribution in [0.4, 0.5) is 0 Å². The molecule has 98 valence electrons. The summed E-state index contributed by atoms with van der Waals surface area (Å²) >= 11 is 0. The molecule has 0 atom stereocenters. The molecule has 3 heteroatoms. The van der Waals surface area contributed by atoms with Gasteiger partial charge < -0.3 is 4.42 Å². The third-order valence-corrected chi connectivity index (χ3v) is 4.17. The van der Waals surface area contributed by atoms with E-state index >= 15 is 0 Å². The van der Waals surface area contributed by atoms with Crippen molar-refractivity contribution in [2.75, 3.05) is 6.54 Å². The molecule has 2 aliphatic carbocycles. The SMILES string of the molecule is O=C(CN(Cc1ccco1)C1CC1)C1CCCC1. The van der Waals surface area contributed by atoms with Gasteiger partial charge in [-0.1, -0.05) is 12.8 Å². The van der Waals surface area contributed by atoms with Gasteiger partial charge in [0.2, 0.25) is 0 Å². The fourth-order valence-corrected chi connectivity index (χ4v) is 2.93. The van der Waals surface area contributed by atoms with E-state index in [1.54, 1.807) is 6.26 Å². The molecule has 3 rings (SSSR count). The first-order valence-corrected chi connectivity index (χ1v) is 7.12. The van der Waals surface area contributed by atoms with Gasteiger partial charge in [0.25, 0.3) is 0 Å². The Morgan fingerprint density at radius 1 is 1.28 bits per heavy atom. The number of carbonyl (C=O) groups excluding carboxylic acids is 1. The largest absolute Gasteiger partial charge is 0.468 e. The molecule has 3 nitrogen and oxygen atoms in total. The van der Waals surface area contributed by atoms with Crippen molar-refractivity contribution < 1.29 is 9.21 Å². The van der Waals surface area contributed by atoms with Gasteiger partial charge in [-0.15, -0.1) is 0 Å². The van der Waals surface area contributed by atoms with Crippen LogP contribution in [0.5, 0.6) is 0 Å². The van der Waals surface area contributed by atoms with E-state index in [1.165, 1.54) is 25.7 Å². The molecule has 0 N–H and O–H groups in total. The van der Waals surface area contributed by atoms with Crippen LogP contribution in [0, 0.1) is 5.92 Å². The van der Waals surface area contributed by atoms with Gasteiger partial charge in [-0.3, -0.25) is 9.69 Å². The third kappa shape index (κ3) is 2.83. The average molecular weight is 247 g/mol. The van der Waals surface area contributed by atoms with Crippen LogP contribution < -0.4 is 0 Å². The Bertz CT molecular complexity index is 389. The molecule has 18 heavy (non-hydrogen) atoms. The molecule has 1 aromatic heterocycles. The smallest absolute Gasteiger partial charge is 0.149 e. The number of hydrogen-bond donors (Lipinski definition) is 0. The Hall–Kier alpha value is -1.09. The molecule has 1 aromatic rings. The molecular formula is C15H21NO2. The van der Waals surface area contributed by atoms with Crippen LogP contribution in [0.2, 0.25) is 0 Å². The van der Waals surface area contributed by atoms with E-state index in [1.807, 2.05) is 12.1 Å². The monoisotopic (exact) mass is 247 g/mol. The zero-order valence-electron chi connectivity index (χ0n) is 10.8. The maximum Gasteiger partial charge on any atom is 0.149 e. The zero-order chi connectivity index (χ0) is 12.4. The highest BCUT2D eigenvalue weighted by atomic mass is 16.3. The number of carbonyl (C=O) groups is 1. The number of furan rings is 1. The lowest BCUT2D eigenvalue weighted by Gasteiger charge is -2.21. The van der Waals surface area contributed by atoms with E-state index in [0.29, 0.717) is 24.3 Å². The maximum absolute atomic E-state index is 12.2. The van der Waals surface area contributed by atoms with E-state index in [9.17, 15) is 4.79 Å². The number of hydrogen-bond acceptors (Lipinski definition) is 3. The summed E-state index contributed by atoms with van der Waals surface area (Å²) in [6.07, 6.45) is 8.86. The van der Waals surface area contributed by atoms with E-state index in [4.69, 9.17) is 4.42 Å². The first-order valence-electron chi connectivity index (χ1n) is 7.12.